The second kappa shape index (κ2) is 6.59. The van der Waals surface area contributed by atoms with Gasteiger partial charge in [-0.3, -0.25) is 14.1 Å². The van der Waals surface area contributed by atoms with Crippen LogP contribution in [0.15, 0.2) is 0 Å². The van der Waals surface area contributed by atoms with Gasteiger partial charge in [0, 0.05) is 0 Å². The fraction of sp³-hybridized carbons (Fsp3) is 0.750. The molecule has 4 atom stereocenters. The highest BCUT2D eigenvalue weighted by atomic mass is 31.2. The van der Waals surface area contributed by atoms with E-state index < -0.39 is 57.3 Å². The molecule has 6 N–H and O–H groups in total. The van der Waals surface area contributed by atoms with Crippen LogP contribution in [0, 0.1) is 0 Å². The maximum atomic E-state index is 11.5. The lowest BCUT2D eigenvalue weighted by Crippen LogP contribution is -2.44. The molecule has 12 heteroatoms. The molecule has 0 radical (unpaired) electrons. The Kier molecular flexibility index (Phi) is 5.59. The number of aliphatic carboxylic acids is 1. The molecule has 0 spiro atoms. The van der Waals surface area contributed by atoms with E-state index in [1.807, 2.05) is 5.32 Å². The minimum absolute atomic E-state index is 0.703. The number of carbonyl (C=O) groups excluding carboxylic acids is 1. The Balaban J connectivity index is 2.57. The van der Waals surface area contributed by atoms with E-state index in [0.717, 1.165) is 0 Å². The van der Waals surface area contributed by atoms with Gasteiger partial charge >= 0.3 is 13.8 Å². The van der Waals surface area contributed by atoms with E-state index in [2.05, 4.69) is 4.52 Å². The minimum atomic E-state index is -4.78. The van der Waals surface area contributed by atoms with Crippen molar-refractivity contribution in [3.63, 3.8) is 0 Å². The molecule has 0 bridgehead atoms. The van der Waals surface area contributed by atoms with Gasteiger partial charge in [-0.1, -0.05) is 0 Å². The molecule has 1 heterocycles. The first-order chi connectivity index (χ1) is 9.11. The van der Waals surface area contributed by atoms with E-state index in [-0.39, 0.29) is 0 Å². The van der Waals surface area contributed by atoms with Crippen LogP contribution in [0.4, 0.5) is 0 Å². The first kappa shape index (κ1) is 17.0. The van der Waals surface area contributed by atoms with Crippen molar-refractivity contribution in [3.05, 3.63) is 0 Å². The quantitative estimate of drug-likeness (QED) is 0.273. The van der Waals surface area contributed by atoms with Crippen LogP contribution in [0.1, 0.15) is 0 Å². The Morgan fingerprint density at radius 3 is 2.35 bits per heavy atom. The molecule has 1 unspecified atom stereocenters. The molecule has 0 saturated carbocycles. The molecule has 1 aliphatic heterocycles. The van der Waals surface area contributed by atoms with Crippen molar-refractivity contribution < 1.29 is 48.5 Å². The predicted molar refractivity (Wildman–Crippen MR) is 59.3 cm³/mol. The van der Waals surface area contributed by atoms with E-state index in [1.54, 1.807) is 0 Å². The molecule has 1 fully saturated rings. The summed E-state index contributed by atoms with van der Waals surface area (Å²) in [5.74, 6) is -2.29. The Labute approximate surface area is 112 Å². The average molecular weight is 315 g/mol. The molecular weight excluding hydrogens is 301 g/mol. The fourth-order valence-electron chi connectivity index (χ4n) is 1.54. The number of rotatable bonds is 6. The maximum absolute atomic E-state index is 11.5. The second-order valence-electron chi connectivity index (χ2n) is 3.97. The van der Waals surface area contributed by atoms with Gasteiger partial charge in [0.1, 0.15) is 24.9 Å². The molecule has 1 rings (SSSR count). The number of nitrogens with one attached hydrogen (secondary N) is 1. The summed E-state index contributed by atoms with van der Waals surface area (Å²) in [6.45, 7) is -1.45. The Morgan fingerprint density at radius 2 is 1.85 bits per heavy atom. The molecular formula is C8H14NO10P. The highest BCUT2D eigenvalue weighted by Gasteiger charge is 2.46. The Hall–Kier alpha value is -1.07. The summed E-state index contributed by atoms with van der Waals surface area (Å²) in [6.07, 6.45) is -6.18. The van der Waals surface area contributed by atoms with Crippen molar-refractivity contribution in [1.82, 2.24) is 5.32 Å². The summed E-state index contributed by atoms with van der Waals surface area (Å²) in [4.78, 5) is 38.7. The topological polar surface area (TPSA) is 183 Å². The summed E-state index contributed by atoms with van der Waals surface area (Å²) >= 11 is 0. The molecule has 11 nitrogen and oxygen atoms in total. The molecule has 0 aromatic heterocycles. The second-order valence-corrected chi connectivity index (χ2v) is 5.21. The fourth-order valence-corrected chi connectivity index (χ4v) is 1.88. The van der Waals surface area contributed by atoms with Gasteiger partial charge in [-0.25, -0.2) is 4.57 Å². The third-order valence-corrected chi connectivity index (χ3v) is 2.93. The van der Waals surface area contributed by atoms with Gasteiger partial charge in [-0.05, 0) is 0 Å². The van der Waals surface area contributed by atoms with E-state index in [9.17, 15) is 24.4 Å². The number of phosphoric acid groups is 1. The van der Waals surface area contributed by atoms with Gasteiger partial charge < -0.3 is 35.2 Å². The zero-order valence-corrected chi connectivity index (χ0v) is 10.8. The monoisotopic (exact) mass is 315 g/mol. The number of hydrogen-bond donors (Lipinski definition) is 6. The van der Waals surface area contributed by atoms with Gasteiger partial charge in [0.25, 0.3) is 5.91 Å². The van der Waals surface area contributed by atoms with Crippen molar-refractivity contribution in [2.45, 2.75) is 24.4 Å². The highest BCUT2D eigenvalue weighted by Crippen LogP contribution is 2.37. The smallest absolute Gasteiger partial charge is 0.469 e. The van der Waals surface area contributed by atoms with Gasteiger partial charge in [-0.2, -0.15) is 0 Å². The number of phosphoric ester groups is 1. The summed E-state index contributed by atoms with van der Waals surface area (Å²) < 4.78 is 19.5. The Morgan fingerprint density at radius 1 is 1.25 bits per heavy atom. The number of hydrogen-bond acceptors (Lipinski definition) is 7. The van der Waals surface area contributed by atoms with Gasteiger partial charge in [0.05, 0.1) is 6.61 Å². The number of carboxylic acids is 1. The highest BCUT2D eigenvalue weighted by molar-refractivity contribution is 7.46. The zero-order chi connectivity index (χ0) is 15.5. The lowest BCUT2D eigenvalue weighted by molar-refractivity contribution is -0.142. The van der Waals surface area contributed by atoms with Crippen LogP contribution in [0.5, 0.6) is 0 Å². The SMILES string of the molecule is O=C(O)CNC(=O)C1O[C@H](COP(=O)(O)O)[C@@H](O)[C@H]1O. The molecule has 0 aromatic carbocycles. The maximum Gasteiger partial charge on any atom is 0.469 e. The number of amides is 1. The van der Waals surface area contributed by atoms with Gasteiger partial charge in [0.2, 0.25) is 0 Å². The van der Waals surface area contributed by atoms with Gasteiger partial charge in [-0.15, -0.1) is 0 Å². The summed E-state index contributed by atoms with van der Waals surface area (Å²) in [5, 5.41) is 29.4. The van der Waals surface area contributed by atoms with E-state index in [0.29, 0.717) is 0 Å². The van der Waals surface area contributed by atoms with Crippen LogP contribution in [0.25, 0.3) is 0 Å². The van der Waals surface area contributed by atoms with Crippen LogP contribution in [-0.2, 0) is 23.4 Å². The molecule has 20 heavy (non-hydrogen) atoms. The van der Waals surface area contributed by atoms with Crippen LogP contribution in [0.2, 0.25) is 0 Å². The number of carbonyl (C=O) groups is 2. The third kappa shape index (κ3) is 4.80. The lowest BCUT2D eigenvalue weighted by Gasteiger charge is -2.14. The number of aliphatic hydroxyl groups excluding tert-OH is 2. The molecule has 1 amide bonds. The predicted octanol–water partition coefficient (Wildman–Crippen LogP) is -3.21. The zero-order valence-electron chi connectivity index (χ0n) is 9.95. The standard InChI is InChI=1S/C8H14NO10P/c10-4(11)1-9-8(14)7-6(13)5(12)3(19-7)2-18-20(15,16)17/h3,5-7,12-13H,1-2H2,(H,9,14)(H,10,11)(H2,15,16,17)/t3-,5-,6-,7?/m1/s1. The van der Waals surface area contributed by atoms with Crippen LogP contribution in [-0.4, -0.2) is 74.6 Å². The first-order valence-electron chi connectivity index (χ1n) is 5.33. The molecule has 0 aliphatic carbocycles. The minimum Gasteiger partial charge on any atom is -0.480 e. The lowest BCUT2D eigenvalue weighted by atomic mass is 10.1. The van der Waals surface area contributed by atoms with E-state index >= 15 is 0 Å². The number of carboxylic acid groups (broad SMARTS) is 1. The van der Waals surface area contributed by atoms with Crippen molar-refractivity contribution in [2.24, 2.45) is 0 Å². The Bertz CT molecular complexity index is 421. The van der Waals surface area contributed by atoms with Crippen LogP contribution < -0.4 is 5.32 Å². The number of ether oxygens (including phenoxy) is 1. The van der Waals surface area contributed by atoms with Crippen LogP contribution >= 0.6 is 7.82 Å². The summed E-state index contributed by atoms with van der Waals surface area (Å²) in [5.41, 5.74) is 0. The van der Waals surface area contributed by atoms with Crippen molar-refractivity contribution in [3.8, 4) is 0 Å². The molecule has 1 aliphatic rings. The van der Waals surface area contributed by atoms with Crippen molar-refractivity contribution in [2.75, 3.05) is 13.2 Å². The van der Waals surface area contributed by atoms with Crippen molar-refractivity contribution >= 4 is 19.7 Å². The average Bonchev–Trinajstić information content (AvgIpc) is 2.60. The number of aliphatic hydroxyl groups is 2. The van der Waals surface area contributed by atoms with Gasteiger partial charge in [0.15, 0.2) is 6.10 Å². The molecule has 1 saturated heterocycles. The third-order valence-electron chi connectivity index (χ3n) is 2.44. The van der Waals surface area contributed by atoms with Crippen LogP contribution in [0.3, 0.4) is 0 Å². The molecule has 0 aromatic rings. The summed E-state index contributed by atoms with van der Waals surface area (Å²) in [7, 11) is -4.78. The van der Waals surface area contributed by atoms with E-state index in [1.165, 1.54) is 0 Å². The largest absolute Gasteiger partial charge is 0.480 e. The van der Waals surface area contributed by atoms with E-state index in [4.69, 9.17) is 19.6 Å². The van der Waals surface area contributed by atoms with Crippen molar-refractivity contribution in [1.29, 1.82) is 0 Å². The molecule has 116 valence electrons. The normalized spacial score (nSPS) is 30.2. The first-order valence-corrected chi connectivity index (χ1v) is 6.86. The summed E-state index contributed by atoms with van der Waals surface area (Å²) in [6, 6.07) is 0.